The quantitative estimate of drug-likeness (QED) is 0.666. The van der Waals surface area contributed by atoms with Crippen LogP contribution in [-0.2, 0) is 16.1 Å². The largest absolute Gasteiger partial charge is 0.495 e. The Morgan fingerprint density at radius 3 is 2.73 bits per heavy atom. The van der Waals surface area contributed by atoms with E-state index < -0.39 is 5.97 Å². The van der Waals surface area contributed by atoms with Gasteiger partial charge in [-0.25, -0.2) is 4.79 Å². The van der Waals surface area contributed by atoms with Crippen LogP contribution in [0.1, 0.15) is 24.3 Å². The number of amides is 1. The van der Waals surface area contributed by atoms with Gasteiger partial charge in [0.05, 0.1) is 18.9 Å². The number of fused-ring (bicyclic) bond motifs is 1. The molecule has 2 heterocycles. The standard InChI is InChI=1S/C19H20N2O4S/c1-12(2)25-19(23)15-10-13-8-9-26-18(13)21(15)11-17(22)20-14-6-4-5-7-16(14)24-3/h4-10,12H,11H2,1-3H3,(H,20,22). The Hall–Kier alpha value is -2.80. The van der Waals surface area contributed by atoms with Gasteiger partial charge < -0.3 is 19.4 Å². The SMILES string of the molecule is COc1ccccc1NC(=O)Cn1c(C(=O)OC(C)C)cc2ccsc21. The zero-order valence-corrected chi connectivity index (χ0v) is 15.6. The average Bonchev–Trinajstić information content (AvgIpc) is 3.17. The molecule has 2 aromatic heterocycles. The second kappa shape index (κ2) is 7.61. The number of hydrogen-bond acceptors (Lipinski definition) is 5. The average molecular weight is 372 g/mol. The fourth-order valence-electron chi connectivity index (χ4n) is 2.66. The van der Waals surface area contributed by atoms with Crippen LogP contribution in [0.4, 0.5) is 5.69 Å². The van der Waals surface area contributed by atoms with Crippen molar-refractivity contribution < 1.29 is 19.1 Å². The molecule has 26 heavy (non-hydrogen) atoms. The van der Waals surface area contributed by atoms with Gasteiger partial charge in [0.1, 0.15) is 22.8 Å². The zero-order valence-electron chi connectivity index (χ0n) is 14.8. The number of carbonyl (C=O) groups is 2. The molecule has 1 N–H and O–H groups in total. The highest BCUT2D eigenvalue weighted by Crippen LogP contribution is 2.27. The number of rotatable bonds is 6. The van der Waals surface area contributed by atoms with Crippen molar-refractivity contribution in [3.8, 4) is 5.75 Å². The van der Waals surface area contributed by atoms with E-state index in [0.717, 1.165) is 10.2 Å². The van der Waals surface area contributed by atoms with Crippen LogP contribution >= 0.6 is 11.3 Å². The van der Waals surface area contributed by atoms with E-state index in [4.69, 9.17) is 9.47 Å². The highest BCUT2D eigenvalue weighted by Gasteiger charge is 2.20. The summed E-state index contributed by atoms with van der Waals surface area (Å²) in [7, 11) is 1.55. The molecule has 0 aliphatic heterocycles. The number of nitrogens with one attached hydrogen (secondary N) is 1. The lowest BCUT2D eigenvalue weighted by molar-refractivity contribution is -0.116. The van der Waals surface area contributed by atoms with Gasteiger partial charge in [-0.3, -0.25) is 4.79 Å². The van der Waals surface area contributed by atoms with Crippen LogP contribution in [-0.4, -0.2) is 29.7 Å². The molecule has 0 fully saturated rings. The van der Waals surface area contributed by atoms with Crippen molar-refractivity contribution in [1.29, 1.82) is 0 Å². The third-order valence-corrected chi connectivity index (χ3v) is 4.69. The summed E-state index contributed by atoms with van der Waals surface area (Å²) in [5.74, 6) is -0.110. The van der Waals surface area contributed by atoms with Gasteiger partial charge in [-0.15, -0.1) is 11.3 Å². The number of carbonyl (C=O) groups excluding carboxylic acids is 2. The van der Waals surface area contributed by atoms with Crippen LogP contribution in [0.5, 0.6) is 5.75 Å². The molecule has 7 heteroatoms. The fourth-order valence-corrected chi connectivity index (χ4v) is 3.55. The highest BCUT2D eigenvalue weighted by atomic mass is 32.1. The van der Waals surface area contributed by atoms with Crippen molar-refractivity contribution in [3.05, 3.63) is 47.5 Å². The molecular weight excluding hydrogens is 352 g/mol. The van der Waals surface area contributed by atoms with Gasteiger partial charge in [0, 0.05) is 5.39 Å². The van der Waals surface area contributed by atoms with Crippen LogP contribution in [0.2, 0.25) is 0 Å². The van der Waals surface area contributed by atoms with Crippen LogP contribution < -0.4 is 10.1 Å². The normalized spacial score (nSPS) is 10.9. The first-order valence-electron chi connectivity index (χ1n) is 8.20. The number of nitrogens with zero attached hydrogens (tertiary/aromatic N) is 1. The van der Waals surface area contributed by atoms with Gasteiger partial charge >= 0.3 is 5.97 Å². The third-order valence-electron chi connectivity index (χ3n) is 3.74. The van der Waals surface area contributed by atoms with Crippen molar-refractivity contribution in [1.82, 2.24) is 4.57 Å². The summed E-state index contributed by atoms with van der Waals surface area (Å²) in [5.41, 5.74) is 0.955. The van der Waals surface area contributed by atoms with Gasteiger partial charge in [0.15, 0.2) is 0 Å². The van der Waals surface area contributed by atoms with Crippen molar-refractivity contribution >= 4 is 39.1 Å². The maximum absolute atomic E-state index is 12.6. The summed E-state index contributed by atoms with van der Waals surface area (Å²) in [4.78, 5) is 25.8. The molecule has 0 saturated heterocycles. The molecular formula is C19H20N2O4S. The van der Waals surface area contributed by atoms with E-state index in [1.54, 1.807) is 43.7 Å². The van der Waals surface area contributed by atoms with E-state index in [0.29, 0.717) is 17.1 Å². The number of thiophene rings is 1. The van der Waals surface area contributed by atoms with Crippen LogP contribution in [0.3, 0.4) is 0 Å². The molecule has 1 amide bonds. The van der Waals surface area contributed by atoms with Crippen molar-refractivity contribution in [3.63, 3.8) is 0 Å². The summed E-state index contributed by atoms with van der Waals surface area (Å²) < 4.78 is 12.2. The number of hydrogen-bond donors (Lipinski definition) is 1. The molecule has 3 aromatic rings. The van der Waals surface area contributed by atoms with Gasteiger partial charge in [-0.1, -0.05) is 12.1 Å². The number of aromatic nitrogens is 1. The lowest BCUT2D eigenvalue weighted by Crippen LogP contribution is -2.23. The van der Waals surface area contributed by atoms with Gasteiger partial charge in [-0.05, 0) is 43.5 Å². The second-order valence-electron chi connectivity index (χ2n) is 6.00. The Kier molecular flexibility index (Phi) is 5.27. The number of benzene rings is 1. The topological polar surface area (TPSA) is 69.6 Å². The molecule has 0 radical (unpaired) electrons. The molecule has 6 nitrogen and oxygen atoms in total. The first-order chi connectivity index (χ1) is 12.5. The fraction of sp³-hybridized carbons (Fsp3) is 0.263. The molecule has 0 aliphatic rings. The summed E-state index contributed by atoms with van der Waals surface area (Å²) in [5, 5.41) is 5.67. The molecule has 136 valence electrons. The van der Waals surface area contributed by atoms with Crippen molar-refractivity contribution in [2.45, 2.75) is 26.5 Å². The molecule has 0 saturated carbocycles. The number of esters is 1. The Morgan fingerprint density at radius 2 is 2.00 bits per heavy atom. The zero-order chi connectivity index (χ0) is 18.7. The number of methoxy groups -OCH3 is 1. The molecule has 1 aromatic carbocycles. The second-order valence-corrected chi connectivity index (χ2v) is 6.89. The van der Waals surface area contributed by atoms with E-state index >= 15 is 0 Å². The minimum atomic E-state index is -0.437. The summed E-state index contributed by atoms with van der Waals surface area (Å²) in [6.45, 7) is 3.59. The van der Waals surface area contributed by atoms with E-state index in [-0.39, 0.29) is 18.6 Å². The Labute approximate surface area is 155 Å². The van der Waals surface area contributed by atoms with Crippen molar-refractivity contribution in [2.24, 2.45) is 0 Å². The monoisotopic (exact) mass is 372 g/mol. The molecule has 0 atom stereocenters. The Morgan fingerprint density at radius 1 is 1.23 bits per heavy atom. The first kappa shape index (κ1) is 18.0. The molecule has 0 spiro atoms. The molecule has 0 aliphatic carbocycles. The van der Waals surface area contributed by atoms with Gasteiger partial charge in [0.2, 0.25) is 5.91 Å². The van der Waals surface area contributed by atoms with E-state index in [1.165, 1.54) is 11.3 Å². The van der Waals surface area contributed by atoms with Crippen LogP contribution in [0.15, 0.2) is 41.8 Å². The van der Waals surface area contributed by atoms with E-state index in [2.05, 4.69) is 5.32 Å². The lowest BCUT2D eigenvalue weighted by atomic mass is 10.3. The summed E-state index contributed by atoms with van der Waals surface area (Å²) in [6, 6.07) is 10.9. The van der Waals surface area contributed by atoms with E-state index in [1.807, 2.05) is 23.6 Å². The smallest absolute Gasteiger partial charge is 0.355 e. The predicted molar refractivity (Wildman–Crippen MR) is 102 cm³/mol. The molecule has 3 rings (SSSR count). The van der Waals surface area contributed by atoms with Crippen LogP contribution in [0, 0.1) is 0 Å². The first-order valence-corrected chi connectivity index (χ1v) is 9.08. The molecule has 0 bridgehead atoms. The summed E-state index contributed by atoms with van der Waals surface area (Å²) in [6.07, 6.45) is -0.230. The summed E-state index contributed by atoms with van der Waals surface area (Å²) >= 11 is 1.48. The number of anilines is 1. The minimum Gasteiger partial charge on any atom is -0.495 e. The maximum Gasteiger partial charge on any atom is 0.355 e. The highest BCUT2D eigenvalue weighted by molar-refractivity contribution is 7.16. The number of ether oxygens (including phenoxy) is 2. The number of para-hydroxylation sites is 2. The maximum atomic E-state index is 12.6. The van der Waals surface area contributed by atoms with Gasteiger partial charge in [-0.2, -0.15) is 0 Å². The predicted octanol–water partition coefficient (Wildman–Crippen LogP) is 3.92. The van der Waals surface area contributed by atoms with Crippen LogP contribution in [0.25, 0.3) is 10.2 Å². The molecule has 0 unspecified atom stereocenters. The van der Waals surface area contributed by atoms with E-state index in [9.17, 15) is 9.59 Å². The third kappa shape index (κ3) is 3.72. The van der Waals surface area contributed by atoms with Crippen molar-refractivity contribution in [2.75, 3.05) is 12.4 Å². The Balaban J connectivity index is 1.86. The minimum absolute atomic E-state index is 0.00455. The van der Waals surface area contributed by atoms with Gasteiger partial charge in [0.25, 0.3) is 0 Å². The Bertz CT molecular complexity index is 942. The lowest BCUT2D eigenvalue weighted by Gasteiger charge is -2.13.